The SMILES string of the molecule is O=C(O)COc1ccc(NC(=O)NN2CCCCC2)cc1. The van der Waals surface area contributed by atoms with Gasteiger partial charge in [-0.05, 0) is 37.1 Å². The lowest BCUT2D eigenvalue weighted by Crippen LogP contribution is -2.46. The van der Waals surface area contributed by atoms with Crippen molar-refractivity contribution in [3.05, 3.63) is 24.3 Å². The van der Waals surface area contributed by atoms with Crippen molar-refractivity contribution in [2.24, 2.45) is 0 Å². The number of benzene rings is 1. The first-order chi connectivity index (χ1) is 10.1. The maximum absolute atomic E-state index is 11.8. The number of anilines is 1. The van der Waals surface area contributed by atoms with E-state index in [1.54, 1.807) is 24.3 Å². The maximum atomic E-state index is 11.8. The fraction of sp³-hybridized carbons (Fsp3) is 0.429. The maximum Gasteiger partial charge on any atom is 0.341 e. The molecule has 2 amide bonds. The molecule has 21 heavy (non-hydrogen) atoms. The Hall–Kier alpha value is -2.28. The van der Waals surface area contributed by atoms with Gasteiger partial charge in [0.2, 0.25) is 0 Å². The Bertz CT molecular complexity index is 483. The van der Waals surface area contributed by atoms with E-state index < -0.39 is 5.97 Å². The molecular weight excluding hydrogens is 274 g/mol. The number of nitrogens with zero attached hydrogens (tertiary/aromatic N) is 1. The van der Waals surface area contributed by atoms with Crippen molar-refractivity contribution in [2.75, 3.05) is 25.0 Å². The second kappa shape index (κ2) is 7.49. The Morgan fingerprint density at radius 1 is 1.14 bits per heavy atom. The molecular formula is C14H19N3O4. The smallest absolute Gasteiger partial charge is 0.341 e. The van der Waals surface area contributed by atoms with Crippen molar-refractivity contribution in [1.29, 1.82) is 0 Å². The summed E-state index contributed by atoms with van der Waals surface area (Å²) in [5, 5.41) is 13.1. The monoisotopic (exact) mass is 293 g/mol. The molecule has 0 spiro atoms. The van der Waals surface area contributed by atoms with E-state index in [2.05, 4.69) is 10.7 Å². The lowest BCUT2D eigenvalue weighted by atomic mass is 10.2. The molecule has 0 bridgehead atoms. The third-order valence-corrected chi connectivity index (χ3v) is 3.09. The van der Waals surface area contributed by atoms with E-state index in [0.29, 0.717) is 11.4 Å². The van der Waals surface area contributed by atoms with Crippen LogP contribution in [0.4, 0.5) is 10.5 Å². The van der Waals surface area contributed by atoms with Crippen LogP contribution in [-0.2, 0) is 4.79 Å². The highest BCUT2D eigenvalue weighted by Gasteiger charge is 2.12. The van der Waals surface area contributed by atoms with Crippen molar-refractivity contribution in [1.82, 2.24) is 10.4 Å². The molecule has 7 heteroatoms. The summed E-state index contributed by atoms with van der Waals surface area (Å²) in [7, 11) is 0. The summed E-state index contributed by atoms with van der Waals surface area (Å²) in [6.45, 7) is 1.35. The first-order valence-electron chi connectivity index (χ1n) is 6.91. The summed E-state index contributed by atoms with van der Waals surface area (Å²) in [6, 6.07) is 6.26. The molecule has 0 unspecified atom stereocenters. The molecule has 1 heterocycles. The van der Waals surface area contributed by atoms with Gasteiger partial charge in [-0.25, -0.2) is 14.6 Å². The molecule has 1 aliphatic rings. The number of hydrazine groups is 1. The van der Waals surface area contributed by atoms with Crippen LogP contribution in [0.1, 0.15) is 19.3 Å². The van der Waals surface area contributed by atoms with Gasteiger partial charge in [-0.1, -0.05) is 6.42 Å². The molecule has 114 valence electrons. The number of rotatable bonds is 5. The lowest BCUT2D eigenvalue weighted by Gasteiger charge is -2.26. The number of nitrogens with one attached hydrogen (secondary N) is 2. The largest absolute Gasteiger partial charge is 0.482 e. The van der Waals surface area contributed by atoms with Crippen LogP contribution in [0.3, 0.4) is 0 Å². The Morgan fingerprint density at radius 3 is 2.43 bits per heavy atom. The van der Waals surface area contributed by atoms with Gasteiger partial charge in [0.15, 0.2) is 6.61 Å². The zero-order valence-corrected chi connectivity index (χ0v) is 11.7. The van der Waals surface area contributed by atoms with Crippen LogP contribution in [0.25, 0.3) is 0 Å². The Balaban J connectivity index is 1.79. The minimum atomic E-state index is -1.03. The van der Waals surface area contributed by atoms with Crippen LogP contribution in [0.15, 0.2) is 24.3 Å². The summed E-state index contributed by atoms with van der Waals surface area (Å²) in [4.78, 5) is 22.2. The third-order valence-electron chi connectivity index (χ3n) is 3.09. The van der Waals surface area contributed by atoms with E-state index in [4.69, 9.17) is 9.84 Å². The van der Waals surface area contributed by atoms with Crippen LogP contribution in [-0.4, -0.2) is 41.8 Å². The molecule has 7 nitrogen and oxygen atoms in total. The summed E-state index contributed by atoms with van der Waals surface area (Å²) >= 11 is 0. The topological polar surface area (TPSA) is 90.9 Å². The van der Waals surface area contributed by atoms with Crippen LogP contribution in [0.2, 0.25) is 0 Å². The Labute approximate surface area is 122 Å². The molecule has 0 radical (unpaired) electrons. The first-order valence-corrected chi connectivity index (χ1v) is 6.91. The van der Waals surface area contributed by atoms with Crippen LogP contribution in [0, 0.1) is 0 Å². The highest BCUT2D eigenvalue weighted by Crippen LogP contribution is 2.15. The van der Waals surface area contributed by atoms with Gasteiger partial charge in [0.05, 0.1) is 0 Å². The van der Waals surface area contributed by atoms with Gasteiger partial charge < -0.3 is 15.2 Å². The molecule has 0 aliphatic carbocycles. The summed E-state index contributed by atoms with van der Waals surface area (Å²) in [5.41, 5.74) is 3.41. The van der Waals surface area contributed by atoms with Crippen LogP contribution >= 0.6 is 0 Å². The number of carbonyl (C=O) groups is 2. The van der Waals surface area contributed by atoms with Gasteiger partial charge in [-0.15, -0.1) is 0 Å². The van der Waals surface area contributed by atoms with Crippen molar-refractivity contribution in [3.63, 3.8) is 0 Å². The standard InChI is InChI=1S/C14H19N3O4/c18-13(19)10-21-12-6-4-11(5-7-12)15-14(20)16-17-8-2-1-3-9-17/h4-7H,1-3,8-10H2,(H,18,19)(H2,15,16,20). The predicted molar refractivity (Wildman–Crippen MR) is 77.2 cm³/mol. The highest BCUT2D eigenvalue weighted by molar-refractivity contribution is 5.88. The van der Waals surface area contributed by atoms with Crippen molar-refractivity contribution in [2.45, 2.75) is 19.3 Å². The molecule has 1 aromatic carbocycles. The van der Waals surface area contributed by atoms with Gasteiger partial charge in [0.25, 0.3) is 0 Å². The van der Waals surface area contributed by atoms with Gasteiger partial charge in [-0.2, -0.15) is 0 Å². The Kier molecular flexibility index (Phi) is 5.39. The fourth-order valence-electron chi connectivity index (χ4n) is 2.09. The number of hydrogen-bond acceptors (Lipinski definition) is 4. The zero-order valence-electron chi connectivity index (χ0n) is 11.7. The third kappa shape index (κ3) is 5.31. The van der Waals surface area contributed by atoms with Crippen molar-refractivity contribution < 1.29 is 19.4 Å². The molecule has 1 saturated heterocycles. The molecule has 1 aliphatic heterocycles. The number of urea groups is 1. The number of carbonyl (C=O) groups excluding carboxylic acids is 1. The summed E-state index contributed by atoms with van der Waals surface area (Å²) in [6.07, 6.45) is 3.39. The van der Waals surface area contributed by atoms with Gasteiger partial charge in [-0.3, -0.25) is 5.43 Å². The van der Waals surface area contributed by atoms with Gasteiger partial charge in [0, 0.05) is 18.8 Å². The van der Waals surface area contributed by atoms with E-state index in [1.807, 2.05) is 5.01 Å². The van der Waals surface area contributed by atoms with Gasteiger partial charge in [0.1, 0.15) is 5.75 Å². The normalized spacial score (nSPS) is 15.2. The lowest BCUT2D eigenvalue weighted by molar-refractivity contribution is -0.139. The highest BCUT2D eigenvalue weighted by atomic mass is 16.5. The van der Waals surface area contributed by atoms with Crippen molar-refractivity contribution >= 4 is 17.7 Å². The number of carboxylic acids is 1. The van der Waals surface area contributed by atoms with E-state index in [9.17, 15) is 9.59 Å². The van der Waals surface area contributed by atoms with E-state index in [0.717, 1.165) is 25.9 Å². The fourth-order valence-corrected chi connectivity index (χ4v) is 2.09. The number of amides is 2. The molecule has 0 aromatic heterocycles. The van der Waals surface area contributed by atoms with Gasteiger partial charge >= 0.3 is 12.0 Å². The molecule has 0 saturated carbocycles. The molecule has 0 atom stereocenters. The van der Waals surface area contributed by atoms with E-state index in [-0.39, 0.29) is 12.6 Å². The van der Waals surface area contributed by atoms with Crippen LogP contribution < -0.4 is 15.5 Å². The molecule has 2 rings (SSSR count). The number of carboxylic acid groups (broad SMARTS) is 1. The average molecular weight is 293 g/mol. The summed E-state index contributed by atoms with van der Waals surface area (Å²) < 4.78 is 5.01. The Morgan fingerprint density at radius 2 is 1.81 bits per heavy atom. The minimum absolute atomic E-state index is 0.281. The summed E-state index contributed by atoms with van der Waals surface area (Å²) in [5.74, 6) is -0.586. The molecule has 1 aromatic rings. The number of piperidine rings is 1. The quantitative estimate of drug-likeness (QED) is 0.768. The predicted octanol–water partition coefficient (Wildman–Crippen LogP) is 1.67. The number of hydrogen-bond donors (Lipinski definition) is 3. The molecule has 3 N–H and O–H groups in total. The average Bonchev–Trinajstić information content (AvgIpc) is 2.47. The number of aliphatic carboxylic acids is 1. The second-order valence-electron chi connectivity index (χ2n) is 4.82. The van der Waals surface area contributed by atoms with Crippen LogP contribution in [0.5, 0.6) is 5.75 Å². The molecule has 1 fully saturated rings. The zero-order chi connectivity index (χ0) is 15.1. The minimum Gasteiger partial charge on any atom is -0.482 e. The van der Waals surface area contributed by atoms with E-state index in [1.165, 1.54) is 6.42 Å². The first kappa shape index (κ1) is 15.1. The van der Waals surface area contributed by atoms with E-state index >= 15 is 0 Å². The second-order valence-corrected chi connectivity index (χ2v) is 4.82. The number of ether oxygens (including phenoxy) is 1. The van der Waals surface area contributed by atoms with Crippen molar-refractivity contribution in [3.8, 4) is 5.75 Å².